The highest BCUT2D eigenvalue weighted by Crippen LogP contribution is 2.35. The summed E-state index contributed by atoms with van der Waals surface area (Å²) in [4.78, 5) is 8.92. The van der Waals surface area contributed by atoms with E-state index in [0.29, 0.717) is 0 Å². The van der Waals surface area contributed by atoms with Crippen LogP contribution in [0.4, 0.5) is 0 Å². The zero-order chi connectivity index (χ0) is 19.5. The van der Waals surface area contributed by atoms with Crippen molar-refractivity contribution in [2.45, 2.75) is 40.3 Å². The van der Waals surface area contributed by atoms with E-state index in [2.05, 4.69) is 71.4 Å². The molecule has 4 rings (SSSR count). The van der Waals surface area contributed by atoms with Crippen LogP contribution < -0.4 is 0 Å². The van der Waals surface area contributed by atoms with Gasteiger partial charge in [0.25, 0.3) is 0 Å². The minimum Gasteiger partial charge on any atom is -0.330 e. The average Bonchev–Trinajstić information content (AvgIpc) is 3.27. The number of aryl methyl sites for hydroxylation is 4. The van der Waals surface area contributed by atoms with Gasteiger partial charge in [-0.15, -0.1) is 0 Å². The van der Waals surface area contributed by atoms with E-state index in [1.54, 1.807) is 0 Å². The molecular formula is C23H25N5. The molecule has 0 aliphatic rings. The Bertz CT molecular complexity index is 1060. The average molecular weight is 371 g/mol. The van der Waals surface area contributed by atoms with E-state index in [4.69, 9.17) is 10.1 Å². The fourth-order valence-electron chi connectivity index (χ4n) is 3.77. The van der Waals surface area contributed by atoms with Crippen molar-refractivity contribution in [3.8, 4) is 22.5 Å². The van der Waals surface area contributed by atoms with Crippen molar-refractivity contribution in [2.75, 3.05) is 0 Å². The number of nitrogens with zero attached hydrogens (tertiary/aromatic N) is 5. The second kappa shape index (κ2) is 7.80. The quantitative estimate of drug-likeness (QED) is 0.494. The Labute approximate surface area is 165 Å². The molecule has 0 radical (unpaired) electrons. The molecule has 0 fully saturated rings. The highest BCUT2D eigenvalue weighted by molar-refractivity contribution is 5.81. The molecule has 0 aliphatic carbocycles. The molecule has 3 aromatic heterocycles. The van der Waals surface area contributed by atoms with E-state index in [1.165, 1.54) is 16.8 Å². The Kier molecular flexibility index (Phi) is 5.06. The van der Waals surface area contributed by atoms with Gasteiger partial charge in [0.1, 0.15) is 0 Å². The summed E-state index contributed by atoms with van der Waals surface area (Å²) in [6.45, 7) is 8.08. The van der Waals surface area contributed by atoms with Gasteiger partial charge in [0.2, 0.25) is 0 Å². The molecule has 142 valence electrons. The van der Waals surface area contributed by atoms with Crippen LogP contribution in [0.3, 0.4) is 0 Å². The van der Waals surface area contributed by atoms with Gasteiger partial charge < -0.3 is 4.57 Å². The van der Waals surface area contributed by atoms with Crippen LogP contribution in [0.5, 0.6) is 0 Å². The smallest absolute Gasteiger partial charge is 0.0964 e. The van der Waals surface area contributed by atoms with E-state index in [-0.39, 0.29) is 0 Å². The van der Waals surface area contributed by atoms with Crippen LogP contribution in [0.15, 0.2) is 61.2 Å². The van der Waals surface area contributed by atoms with Crippen LogP contribution in [-0.2, 0) is 19.5 Å². The predicted octanol–water partition coefficient (Wildman–Crippen LogP) is 4.69. The molecule has 0 N–H and O–H groups in total. The fourth-order valence-corrected chi connectivity index (χ4v) is 3.77. The van der Waals surface area contributed by atoms with Crippen molar-refractivity contribution in [3.05, 3.63) is 78.1 Å². The first-order valence-corrected chi connectivity index (χ1v) is 9.73. The van der Waals surface area contributed by atoms with E-state index < -0.39 is 0 Å². The van der Waals surface area contributed by atoms with Gasteiger partial charge >= 0.3 is 0 Å². The monoisotopic (exact) mass is 371 g/mol. The third-order valence-corrected chi connectivity index (χ3v) is 5.19. The van der Waals surface area contributed by atoms with Gasteiger partial charge in [-0.05, 0) is 44.9 Å². The summed E-state index contributed by atoms with van der Waals surface area (Å²) < 4.78 is 4.33. The molecule has 0 aliphatic heterocycles. The molecule has 0 unspecified atom stereocenters. The molecule has 0 saturated heterocycles. The summed E-state index contributed by atoms with van der Waals surface area (Å²) in [5, 5.41) is 4.75. The van der Waals surface area contributed by atoms with Crippen LogP contribution in [0.25, 0.3) is 22.5 Å². The zero-order valence-corrected chi connectivity index (χ0v) is 16.6. The topological polar surface area (TPSA) is 48.5 Å². The molecule has 4 aromatic rings. The van der Waals surface area contributed by atoms with Crippen molar-refractivity contribution in [3.63, 3.8) is 0 Å². The van der Waals surface area contributed by atoms with Crippen LogP contribution in [0.1, 0.15) is 23.9 Å². The zero-order valence-electron chi connectivity index (χ0n) is 16.6. The SMILES string of the molecule is CCn1nc(C)c(-c2c(-c3ccccc3)ncn2CCc2ccncc2)c1C. The predicted molar refractivity (Wildman–Crippen MR) is 112 cm³/mol. The van der Waals surface area contributed by atoms with Crippen molar-refractivity contribution in [2.24, 2.45) is 0 Å². The maximum atomic E-state index is 4.81. The summed E-state index contributed by atoms with van der Waals surface area (Å²) >= 11 is 0. The van der Waals surface area contributed by atoms with Gasteiger partial charge in [0.05, 0.1) is 23.4 Å². The van der Waals surface area contributed by atoms with Crippen LogP contribution >= 0.6 is 0 Å². The number of imidazole rings is 1. The van der Waals surface area contributed by atoms with Crippen molar-refractivity contribution < 1.29 is 0 Å². The van der Waals surface area contributed by atoms with Crippen molar-refractivity contribution in [1.29, 1.82) is 0 Å². The van der Waals surface area contributed by atoms with Gasteiger partial charge in [0, 0.05) is 42.3 Å². The molecular weight excluding hydrogens is 346 g/mol. The van der Waals surface area contributed by atoms with E-state index >= 15 is 0 Å². The van der Waals surface area contributed by atoms with Crippen LogP contribution in [-0.4, -0.2) is 24.3 Å². The van der Waals surface area contributed by atoms with Crippen LogP contribution in [0.2, 0.25) is 0 Å². The largest absolute Gasteiger partial charge is 0.330 e. The first-order valence-electron chi connectivity index (χ1n) is 9.73. The van der Waals surface area contributed by atoms with Gasteiger partial charge in [-0.3, -0.25) is 9.67 Å². The number of hydrogen-bond acceptors (Lipinski definition) is 3. The Balaban J connectivity index is 1.82. The third kappa shape index (κ3) is 3.36. The number of hydrogen-bond donors (Lipinski definition) is 0. The third-order valence-electron chi connectivity index (χ3n) is 5.19. The molecule has 0 spiro atoms. The molecule has 5 heteroatoms. The molecule has 0 amide bonds. The highest BCUT2D eigenvalue weighted by atomic mass is 15.3. The van der Waals surface area contributed by atoms with E-state index in [1.807, 2.05) is 24.8 Å². The minimum atomic E-state index is 0.857. The number of benzene rings is 1. The molecule has 28 heavy (non-hydrogen) atoms. The summed E-state index contributed by atoms with van der Waals surface area (Å²) in [7, 11) is 0. The van der Waals surface area contributed by atoms with E-state index in [9.17, 15) is 0 Å². The maximum Gasteiger partial charge on any atom is 0.0964 e. The lowest BCUT2D eigenvalue weighted by atomic mass is 10.0. The van der Waals surface area contributed by atoms with Gasteiger partial charge in [-0.25, -0.2) is 4.98 Å². The summed E-state index contributed by atoms with van der Waals surface area (Å²) in [5.41, 5.74) is 7.97. The van der Waals surface area contributed by atoms with Gasteiger partial charge in [-0.2, -0.15) is 5.10 Å². The lowest BCUT2D eigenvalue weighted by Crippen LogP contribution is -2.04. The molecule has 0 saturated carbocycles. The van der Waals surface area contributed by atoms with E-state index in [0.717, 1.165) is 42.2 Å². The molecule has 0 atom stereocenters. The number of rotatable bonds is 6. The standard InChI is InChI=1S/C23H25N5/c1-4-28-18(3)21(17(2)26-28)23-22(20-8-6-5-7-9-20)25-16-27(23)15-12-19-10-13-24-14-11-19/h5-11,13-14,16H,4,12,15H2,1-3H3. The summed E-state index contributed by atoms with van der Waals surface area (Å²) in [6, 6.07) is 14.5. The highest BCUT2D eigenvalue weighted by Gasteiger charge is 2.21. The fraction of sp³-hybridized carbons (Fsp3) is 0.261. The minimum absolute atomic E-state index is 0.857. The van der Waals surface area contributed by atoms with Crippen molar-refractivity contribution >= 4 is 0 Å². The first kappa shape index (κ1) is 18.2. The van der Waals surface area contributed by atoms with Crippen LogP contribution in [0, 0.1) is 13.8 Å². The molecule has 5 nitrogen and oxygen atoms in total. The Morgan fingerprint density at radius 3 is 2.39 bits per heavy atom. The second-order valence-corrected chi connectivity index (χ2v) is 6.97. The number of pyridine rings is 1. The second-order valence-electron chi connectivity index (χ2n) is 6.97. The molecule has 3 heterocycles. The summed E-state index contributed by atoms with van der Waals surface area (Å²) in [6.07, 6.45) is 6.58. The lowest BCUT2D eigenvalue weighted by Gasteiger charge is -2.12. The normalized spacial score (nSPS) is 11.1. The first-order chi connectivity index (χ1) is 13.7. The number of aromatic nitrogens is 5. The lowest BCUT2D eigenvalue weighted by molar-refractivity contribution is 0.634. The van der Waals surface area contributed by atoms with Gasteiger partial charge in [-0.1, -0.05) is 30.3 Å². The molecule has 1 aromatic carbocycles. The molecule has 0 bridgehead atoms. The van der Waals surface area contributed by atoms with Crippen molar-refractivity contribution in [1.82, 2.24) is 24.3 Å². The van der Waals surface area contributed by atoms with Gasteiger partial charge in [0.15, 0.2) is 0 Å². The Hall–Kier alpha value is -3.21. The summed E-state index contributed by atoms with van der Waals surface area (Å²) in [5.74, 6) is 0. The Morgan fingerprint density at radius 2 is 1.71 bits per heavy atom. The maximum absolute atomic E-state index is 4.81. The Morgan fingerprint density at radius 1 is 0.964 bits per heavy atom.